The van der Waals surface area contributed by atoms with Crippen LogP contribution in [0.4, 0.5) is 0 Å². The van der Waals surface area contributed by atoms with Crippen molar-refractivity contribution in [2.24, 2.45) is 5.92 Å². The number of hydrogen-bond acceptors (Lipinski definition) is 4. The van der Waals surface area contributed by atoms with E-state index in [1.807, 2.05) is 6.92 Å². The average molecular weight is 293 g/mol. The molecule has 0 spiro atoms. The molecule has 1 aliphatic heterocycles. The van der Waals surface area contributed by atoms with E-state index in [1.54, 1.807) is 0 Å². The fourth-order valence-corrected chi connectivity index (χ4v) is 3.52. The van der Waals surface area contributed by atoms with Crippen LogP contribution >= 0.6 is 0 Å². The summed E-state index contributed by atoms with van der Waals surface area (Å²) in [6.45, 7) is 3.31. The number of rotatable bonds is 8. The van der Waals surface area contributed by atoms with Crippen LogP contribution in [0.5, 0.6) is 0 Å². The van der Waals surface area contributed by atoms with Crippen molar-refractivity contribution in [1.29, 1.82) is 0 Å². The normalized spacial score (nSPS) is 19.2. The molecule has 1 unspecified atom stereocenters. The Morgan fingerprint density at radius 2 is 2.00 bits per heavy atom. The van der Waals surface area contributed by atoms with Gasteiger partial charge in [-0.05, 0) is 31.6 Å². The minimum absolute atomic E-state index is 0.133. The number of carboxylic acids is 1. The molecule has 19 heavy (non-hydrogen) atoms. The number of ether oxygens (including phenoxy) is 1. The highest BCUT2D eigenvalue weighted by Crippen LogP contribution is 2.15. The van der Waals surface area contributed by atoms with Crippen LogP contribution in [0.3, 0.4) is 0 Å². The monoisotopic (exact) mass is 293 g/mol. The lowest BCUT2D eigenvalue weighted by atomic mass is 10.0. The number of carbonyl (C=O) groups is 1. The van der Waals surface area contributed by atoms with Gasteiger partial charge in [0.2, 0.25) is 10.0 Å². The van der Waals surface area contributed by atoms with Gasteiger partial charge in [0.15, 0.2) is 0 Å². The van der Waals surface area contributed by atoms with E-state index in [0.717, 1.165) is 0 Å². The van der Waals surface area contributed by atoms with Gasteiger partial charge in [-0.25, -0.2) is 13.1 Å². The molecular weight excluding hydrogens is 270 g/mol. The summed E-state index contributed by atoms with van der Waals surface area (Å²) in [6, 6.07) is 0. The molecule has 1 atom stereocenters. The largest absolute Gasteiger partial charge is 0.481 e. The van der Waals surface area contributed by atoms with Gasteiger partial charge in [0.1, 0.15) is 0 Å². The lowest BCUT2D eigenvalue weighted by Gasteiger charge is -2.22. The van der Waals surface area contributed by atoms with Crippen LogP contribution in [-0.4, -0.2) is 44.5 Å². The van der Waals surface area contributed by atoms with Gasteiger partial charge in [0.25, 0.3) is 0 Å². The summed E-state index contributed by atoms with van der Waals surface area (Å²) in [4.78, 5) is 10.4. The van der Waals surface area contributed by atoms with E-state index < -0.39 is 16.0 Å². The lowest BCUT2D eigenvalue weighted by Crippen LogP contribution is -2.38. The molecule has 2 N–H and O–H groups in total. The summed E-state index contributed by atoms with van der Waals surface area (Å²) < 4.78 is 31.7. The first kappa shape index (κ1) is 16.4. The van der Waals surface area contributed by atoms with Crippen molar-refractivity contribution in [3.63, 3.8) is 0 Å². The van der Waals surface area contributed by atoms with Gasteiger partial charge in [-0.2, -0.15) is 0 Å². The quantitative estimate of drug-likeness (QED) is 0.696. The van der Waals surface area contributed by atoms with Crippen molar-refractivity contribution < 1.29 is 23.1 Å². The van der Waals surface area contributed by atoms with E-state index in [1.165, 1.54) is 0 Å². The third kappa shape index (κ3) is 6.35. The summed E-state index contributed by atoms with van der Waals surface area (Å²) in [6.07, 6.45) is 2.46. The molecule has 0 saturated carbocycles. The van der Waals surface area contributed by atoms with Gasteiger partial charge in [-0.3, -0.25) is 4.79 Å². The predicted molar refractivity (Wildman–Crippen MR) is 71.4 cm³/mol. The standard InChI is InChI=1S/C12H23NO5S/c1-10(2-3-12(14)15)4-7-13-19(16,17)11-5-8-18-9-6-11/h10-11,13H,2-9H2,1H3,(H,14,15). The van der Waals surface area contributed by atoms with Crippen molar-refractivity contribution in [1.82, 2.24) is 4.72 Å². The van der Waals surface area contributed by atoms with E-state index >= 15 is 0 Å². The molecule has 7 heteroatoms. The van der Waals surface area contributed by atoms with E-state index in [2.05, 4.69) is 4.72 Å². The molecule has 6 nitrogen and oxygen atoms in total. The lowest BCUT2D eigenvalue weighted by molar-refractivity contribution is -0.137. The fourth-order valence-electron chi connectivity index (χ4n) is 2.07. The molecule has 0 radical (unpaired) electrons. The van der Waals surface area contributed by atoms with Crippen LogP contribution in [0.25, 0.3) is 0 Å². The molecule has 1 aliphatic rings. The molecular formula is C12H23NO5S. The Morgan fingerprint density at radius 1 is 1.37 bits per heavy atom. The van der Waals surface area contributed by atoms with Crippen molar-refractivity contribution >= 4 is 16.0 Å². The SMILES string of the molecule is CC(CCNS(=O)(=O)C1CCOCC1)CCC(=O)O. The minimum Gasteiger partial charge on any atom is -0.481 e. The van der Waals surface area contributed by atoms with E-state index in [9.17, 15) is 13.2 Å². The maximum atomic E-state index is 12.0. The topological polar surface area (TPSA) is 92.7 Å². The molecule has 0 amide bonds. The zero-order valence-corrected chi connectivity index (χ0v) is 12.1. The Morgan fingerprint density at radius 3 is 2.58 bits per heavy atom. The first-order chi connectivity index (χ1) is 8.92. The fraction of sp³-hybridized carbons (Fsp3) is 0.917. The van der Waals surface area contributed by atoms with Gasteiger partial charge >= 0.3 is 5.97 Å². The molecule has 1 fully saturated rings. The molecule has 1 rings (SSSR count). The number of carboxylic acid groups (broad SMARTS) is 1. The zero-order chi connectivity index (χ0) is 14.3. The number of nitrogens with one attached hydrogen (secondary N) is 1. The predicted octanol–water partition coefficient (Wildman–Crippen LogP) is 0.976. The molecule has 0 bridgehead atoms. The number of hydrogen-bond donors (Lipinski definition) is 2. The van der Waals surface area contributed by atoms with Gasteiger partial charge in [-0.1, -0.05) is 6.92 Å². The second kappa shape index (κ2) is 7.81. The van der Waals surface area contributed by atoms with Crippen LogP contribution in [0.15, 0.2) is 0 Å². The van der Waals surface area contributed by atoms with Gasteiger partial charge in [0, 0.05) is 26.2 Å². The molecule has 112 valence electrons. The van der Waals surface area contributed by atoms with Crippen molar-refractivity contribution in [3.05, 3.63) is 0 Å². The Kier molecular flexibility index (Phi) is 6.74. The summed E-state index contributed by atoms with van der Waals surface area (Å²) in [5.74, 6) is -0.608. The first-order valence-electron chi connectivity index (χ1n) is 6.70. The molecule has 0 aromatic heterocycles. The highest BCUT2D eigenvalue weighted by molar-refractivity contribution is 7.90. The zero-order valence-electron chi connectivity index (χ0n) is 11.3. The summed E-state index contributed by atoms with van der Waals surface area (Å²) in [7, 11) is -3.26. The van der Waals surface area contributed by atoms with E-state index in [-0.39, 0.29) is 17.6 Å². The highest BCUT2D eigenvalue weighted by Gasteiger charge is 2.27. The smallest absolute Gasteiger partial charge is 0.303 e. The Hall–Kier alpha value is -0.660. The summed E-state index contributed by atoms with van der Waals surface area (Å²) in [5, 5.41) is 8.21. The number of aliphatic carboxylic acids is 1. The average Bonchev–Trinajstić information content (AvgIpc) is 2.37. The Bertz CT molecular complexity index is 376. The second-order valence-corrected chi connectivity index (χ2v) is 7.12. The van der Waals surface area contributed by atoms with E-state index in [0.29, 0.717) is 45.4 Å². The van der Waals surface area contributed by atoms with Crippen LogP contribution < -0.4 is 4.72 Å². The summed E-state index contributed by atoms with van der Waals surface area (Å²) >= 11 is 0. The maximum absolute atomic E-state index is 12.0. The van der Waals surface area contributed by atoms with Gasteiger partial charge in [0.05, 0.1) is 5.25 Å². The third-order valence-electron chi connectivity index (χ3n) is 3.40. The molecule has 0 aromatic rings. The van der Waals surface area contributed by atoms with Gasteiger partial charge in [-0.15, -0.1) is 0 Å². The molecule has 1 heterocycles. The number of sulfonamides is 1. The van der Waals surface area contributed by atoms with Crippen molar-refractivity contribution in [2.75, 3.05) is 19.8 Å². The van der Waals surface area contributed by atoms with Crippen molar-refractivity contribution in [2.45, 2.75) is 44.3 Å². The highest BCUT2D eigenvalue weighted by atomic mass is 32.2. The van der Waals surface area contributed by atoms with Crippen LogP contribution in [-0.2, 0) is 19.6 Å². The second-order valence-electron chi connectivity index (χ2n) is 5.08. The minimum atomic E-state index is -3.26. The Labute approximate surface area is 114 Å². The van der Waals surface area contributed by atoms with Crippen LogP contribution in [0, 0.1) is 5.92 Å². The maximum Gasteiger partial charge on any atom is 0.303 e. The molecule has 1 saturated heterocycles. The van der Waals surface area contributed by atoms with Gasteiger partial charge < -0.3 is 9.84 Å². The summed E-state index contributed by atoms with van der Waals surface area (Å²) in [5.41, 5.74) is 0. The Balaban J connectivity index is 2.25. The third-order valence-corrected chi connectivity index (χ3v) is 5.35. The van der Waals surface area contributed by atoms with Crippen LogP contribution in [0.1, 0.15) is 39.0 Å². The van der Waals surface area contributed by atoms with Crippen LogP contribution in [0.2, 0.25) is 0 Å². The molecule has 0 aliphatic carbocycles. The van der Waals surface area contributed by atoms with Crippen molar-refractivity contribution in [3.8, 4) is 0 Å². The first-order valence-corrected chi connectivity index (χ1v) is 8.24. The van der Waals surface area contributed by atoms with E-state index in [4.69, 9.17) is 9.84 Å². The molecule has 0 aromatic carbocycles.